The molecular weight excluding hydrogens is 298 g/mol. The topological polar surface area (TPSA) is 37.8 Å². The van der Waals surface area contributed by atoms with E-state index in [2.05, 4.69) is 41.5 Å². The predicted octanol–water partition coefficient (Wildman–Crippen LogP) is 4.32. The third kappa shape index (κ3) is 3.92. The summed E-state index contributed by atoms with van der Waals surface area (Å²) >= 11 is 9.53. The van der Waals surface area contributed by atoms with E-state index in [-0.39, 0.29) is 6.04 Å². The monoisotopic (exact) mass is 313 g/mol. The van der Waals surface area contributed by atoms with E-state index in [1.807, 2.05) is 13.0 Å². The summed E-state index contributed by atoms with van der Waals surface area (Å²) < 4.78 is 0.945. The summed E-state index contributed by atoms with van der Waals surface area (Å²) in [4.78, 5) is 1.09. The van der Waals surface area contributed by atoms with Crippen LogP contribution >= 0.6 is 34.7 Å². The second-order valence-corrected chi connectivity index (χ2v) is 7.06. The number of hydrogen-bond acceptors (Lipinski definition) is 5. The van der Waals surface area contributed by atoms with Gasteiger partial charge < -0.3 is 5.32 Å². The number of benzene rings is 1. The van der Waals surface area contributed by atoms with Crippen LogP contribution in [-0.4, -0.2) is 16.7 Å². The highest BCUT2D eigenvalue weighted by Crippen LogP contribution is 2.33. The molecule has 0 saturated heterocycles. The van der Waals surface area contributed by atoms with E-state index in [0.29, 0.717) is 0 Å². The summed E-state index contributed by atoms with van der Waals surface area (Å²) in [5.74, 6) is 0. The van der Waals surface area contributed by atoms with Gasteiger partial charge in [-0.1, -0.05) is 47.7 Å². The normalized spacial score (nSPS) is 12.6. The van der Waals surface area contributed by atoms with Gasteiger partial charge in [-0.3, -0.25) is 0 Å². The van der Waals surface area contributed by atoms with Gasteiger partial charge in [0.05, 0.1) is 0 Å². The molecule has 0 radical (unpaired) electrons. The van der Waals surface area contributed by atoms with Gasteiger partial charge in [0.1, 0.15) is 5.01 Å². The van der Waals surface area contributed by atoms with Crippen molar-refractivity contribution in [1.82, 2.24) is 15.5 Å². The van der Waals surface area contributed by atoms with E-state index >= 15 is 0 Å². The minimum atomic E-state index is 0.264. The molecule has 0 bridgehead atoms. The van der Waals surface area contributed by atoms with Crippen LogP contribution in [0.25, 0.3) is 0 Å². The van der Waals surface area contributed by atoms with Crippen molar-refractivity contribution >= 4 is 34.7 Å². The summed E-state index contributed by atoms with van der Waals surface area (Å²) in [6, 6.07) is 6.41. The third-order valence-electron chi connectivity index (χ3n) is 2.66. The van der Waals surface area contributed by atoms with Gasteiger partial charge in [0.15, 0.2) is 4.34 Å². The van der Waals surface area contributed by atoms with Crippen molar-refractivity contribution in [2.75, 3.05) is 6.54 Å². The number of nitrogens with zero attached hydrogens (tertiary/aromatic N) is 2. The predicted molar refractivity (Wildman–Crippen MR) is 82.3 cm³/mol. The Morgan fingerprint density at radius 3 is 2.79 bits per heavy atom. The van der Waals surface area contributed by atoms with E-state index in [9.17, 15) is 0 Å². The first-order chi connectivity index (χ1) is 9.10. The Hall–Kier alpha value is -0.620. The molecule has 0 aliphatic carbocycles. The Morgan fingerprint density at radius 2 is 2.21 bits per heavy atom. The van der Waals surface area contributed by atoms with Gasteiger partial charge in [-0.05, 0) is 38.1 Å². The summed E-state index contributed by atoms with van der Waals surface area (Å²) in [7, 11) is 0. The molecule has 0 fully saturated rings. The summed E-state index contributed by atoms with van der Waals surface area (Å²) in [6.07, 6.45) is 0. The highest BCUT2D eigenvalue weighted by atomic mass is 35.5. The highest BCUT2D eigenvalue weighted by Gasteiger charge is 2.10. The molecule has 1 unspecified atom stereocenters. The van der Waals surface area contributed by atoms with Crippen LogP contribution in [0.5, 0.6) is 0 Å². The second kappa shape index (κ2) is 6.70. The molecule has 19 heavy (non-hydrogen) atoms. The van der Waals surface area contributed by atoms with Crippen molar-refractivity contribution in [3.63, 3.8) is 0 Å². The molecule has 0 aliphatic heterocycles. The van der Waals surface area contributed by atoms with Crippen LogP contribution in [0.15, 0.2) is 27.4 Å². The lowest BCUT2D eigenvalue weighted by Crippen LogP contribution is -2.17. The SMILES string of the molecule is CCNC(C)c1ccc(Sc2nnc(C)s2)cc1Cl. The van der Waals surface area contributed by atoms with E-state index in [1.165, 1.54) is 0 Å². The van der Waals surface area contributed by atoms with Gasteiger partial charge in [-0.15, -0.1) is 10.2 Å². The molecule has 3 nitrogen and oxygen atoms in total. The maximum atomic E-state index is 6.35. The second-order valence-electron chi connectivity index (χ2n) is 4.15. The van der Waals surface area contributed by atoms with E-state index in [0.717, 1.165) is 31.4 Å². The average Bonchev–Trinajstić information content (AvgIpc) is 2.75. The van der Waals surface area contributed by atoms with Crippen LogP contribution in [0.2, 0.25) is 5.02 Å². The van der Waals surface area contributed by atoms with Crippen LogP contribution in [0, 0.1) is 6.92 Å². The largest absolute Gasteiger partial charge is 0.310 e. The maximum Gasteiger partial charge on any atom is 0.179 e. The Morgan fingerprint density at radius 1 is 1.42 bits per heavy atom. The van der Waals surface area contributed by atoms with Gasteiger partial charge in [0, 0.05) is 16.0 Å². The molecule has 6 heteroatoms. The lowest BCUT2D eigenvalue weighted by Gasteiger charge is -2.14. The molecule has 2 aromatic rings. The molecule has 1 aromatic heterocycles. The molecular formula is C13H16ClN3S2. The van der Waals surface area contributed by atoms with Gasteiger partial charge in [0.25, 0.3) is 0 Å². The molecule has 1 atom stereocenters. The molecule has 0 aliphatic rings. The lowest BCUT2D eigenvalue weighted by molar-refractivity contribution is 0.598. The summed E-state index contributed by atoms with van der Waals surface area (Å²) in [5.41, 5.74) is 1.13. The number of nitrogens with one attached hydrogen (secondary N) is 1. The summed E-state index contributed by atoms with van der Waals surface area (Å²) in [6.45, 7) is 7.09. The molecule has 1 heterocycles. The molecule has 2 rings (SSSR count). The number of halogens is 1. The fraction of sp³-hybridized carbons (Fsp3) is 0.385. The zero-order valence-corrected chi connectivity index (χ0v) is 13.5. The van der Waals surface area contributed by atoms with Gasteiger partial charge in [-0.25, -0.2) is 0 Å². The van der Waals surface area contributed by atoms with Crippen molar-refractivity contribution in [1.29, 1.82) is 0 Å². The average molecular weight is 314 g/mol. The molecule has 1 aromatic carbocycles. The number of aromatic nitrogens is 2. The third-order valence-corrected chi connectivity index (χ3v) is 4.87. The van der Waals surface area contributed by atoms with Crippen molar-refractivity contribution < 1.29 is 0 Å². The summed E-state index contributed by atoms with van der Waals surface area (Å²) in [5, 5.41) is 13.2. The molecule has 0 spiro atoms. The molecule has 0 amide bonds. The first kappa shape index (κ1) is 14.8. The zero-order valence-electron chi connectivity index (χ0n) is 11.1. The van der Waals surface area contributed by atoms with Gasteiger partial charge in [0.2, 0.25) is 0 Å². The minimum absolute atomic E-state index is 0.264. The maximum absolute atomic E-state index is 6.35. The first-order valence-corrected chi connectivity index (χ1v) is 8.12. The highest BCUT2D eigenvalue weighted by molar-refractivity contribution is 8.01. The van der Waals surface area contributed by atoms with Crippen LogP contribution < -0.4 is 5.32 Å². The molecule has 102 valence electrons. The van der Waals surface area contributed by atoms with Crippen LogP contribution in [0.4, 0.5) is 0 Å². The van der Waals surface area contributed by atoms with Crippen LogP contribution in [-0.2, 0) is 0 Å². The van der Waals surface area contributed by atoms with Crippen molar-refractivity contribution in [3.8, 4) is 0 Å². The van der Waals surface area contributed by atoms with Crippen molar-refractivity contribution in [3.05, 3.63) is 33.8 Å². The quantitative estimate of drug-likeness (QED) is 0.892. The van der Waals surface area contributed by atoms with Crippen LogP contribution in [0.3, 0.4) is 0 Å². The molecule has 0 saturated carbocycles. The Balaban J connectivity index is 2.14. The van der Waals surface area contributed by atoms with E-state index in [4.69, 9.17) is 11.6 Å². The van der Waals surface area contributed by atoms with Crippen molar-refractivity contribution in [2.24, 2.45) is 0 Å². The first-order valence-electron chi connectivity index (χ1n) is 6.11. The zero-order chi connectivity index (χ0) is 13.8. The smallest absolute Gasteiger partial charge is 0.179 e. The van der Waals surface area contributed by atoms with Gasteiger partial charge in [-0.2, -0.15) is 0 Å². The van der Waals surface area contributed by atoms with E-state index < -0.39 is 0 Å². The molecule has 1 N–H and O–H groups in total. The number of aryl methyl sites for hydroxylation is 1. The Labute approximate surface area is 126 Å². The van der Waals surface area contributed by atoms with Crippen LogP contribution in [0.1, 0.15) is 30.5 Å². The van der Waals surface area contributed by atoms with E-state index in [1.54, 1.807) is 23.1 Å². The fourth-order valence-corrected chi connectivity index (χ4v) is 4.00. The van der Waals surface area contributed by atoms with Crippen molar-refractivity contribution in [2.45, 2.75) is 36.0 Å². The Kier molecular flexibility index (Phi) is 5.21. The number of rotatable bonds is 5. The number of hydrogen-bond donors (Lipinski definition) is 1. The fourth-order valence-electron chi connectivity index (χ4n) is 1.76. The minimum Gasteiger partial charge on any atom is -0.310 e. The Bertz CT molecular complexity index is 557. The lowest BCUT2D eigenvalue weighted by atomic mass is 10.1. The van der Waals surface area contributed by atoms with Gasteiger partial charge >= 0.3 is 0 Å². The standard InChI is InChI=1S/C13H16ClN3S2/c1-4-15-8(2)11-6-5-10(7-12(11)14)19-13-17-16-9(3)18-13/h5-8,15H,4H2,1-3H3.